The van der Waals surface area contributed by atoms with E-state index in [2.05, 4.69) is 12.2 Å². The molecule has 112 valence electrons. The lowest BCUT2D eigenvalue weighted by atomic mass is 9.77. The first kappa shape index (κ1) is 15.3. The van der Waals surface area contributed by atoms with Crippen LogP contribution in [0.15, 0.2) is 29.2 Å². The third-order valence-corrected chi connectivity index (χ3v) is 5.46. The maximum Gasteiger partial charge on any atom is 0.177 e. The van der Waals surface area contributed by atoms with Gasteiger partial charge in [-0.2, -0.15) is 0 Å². The molecule has 0 spiro atoms. The number of sulfone groups is 1. The second kappa shape index (κ2) is 5.74. The summed E-state index contributed by atoms with van der Waals surface area (Å²) < 4.78 is 23.7. The number of nitrogens with two attached hydrogens (primary N) is 1. The average Bonchev–Trinajstić information content (AvgIpc) is 2.41. The van der Waals surface area contributed by atoms with E-state index in [4.69, 9.17) is 5.73 Å². The van der Waals surface area contributed by atoms with E-state index in [1.165, 1.54) is 6.26 Å². The third kappa shape index (κ3) is 3.33. The molecule has 1 saturated carbocycles. The third-order valence-electron chi connectivity index (χ3n) is 4.31. The van der Waals surface area contributed by atoms with Crippen molar-refractivity contribution in [3.05, 3.63) is 24.3 Å². The Morgan fingerprint density at radius 3 is 2.45 bits per heavy atom. The van der Waals surface area contributed by atoms with Gasteiger partial charge in [-0.1, -0.05) is 19.1 Å². The Hall–Kier alpha value is -1.07. The number of para-hydroxylation sites is 1. The lowest BCUT2D eigenvalue weighted by Crippen LogP contribution is -2.48. The first-order valence-electron chi connectivity index (χ1n) is 7.14. The first-order chi connectivity index (χ1) is 9.36. The van der Waals surface area contributed by atoms with E-state index in [9.17, 15) is 8.42 Å². The summed E-state index contributed by atoms with van der Waals surface area (Å²) in [5, 5.41) is 3.44. The van der Waals surface area contributed by atoms with Crippen LogP contribution in [0.5, 0.6) is 0 Å². The van der Waals surface area contributed by atoms with E-state index in [0.717, 1.165) is 31.6 Å². The minimum atomic E-state index is -3.23. The molecule has 1 aliphatic rings. The van der Waals surface area contributed by atoms with Crippen molar-refractivity contribution in [3.8, 4) is 0 Å². The predicted octanol–water partition coefficient (Wildman–Crippen LogP) is 2.41. The zero-order valence-corrected chi connectivity index (χ0v) is 13.0. The van der Waals surface area contributed by atoms with Gasteiger partial charge in [-0.3, -0.25) is 0 Å². The summed E-state index contributed by atoms with van der Waals surface area (Å²) in [5.41, 5.74) is 6.48. The smallest absolute Gasteiger partial charge is 0.177 e. The molecule has 3 N–H and O–H groups in total. The van der Waals surface area contributed by atoms with Crippen LogP contribution in [0.2, 0.25) is 0 Å². The van der Waals surface area contributed by atoms with Crippen molar-refractivity contribution in [2.75, 3.05) is 18.1 Å². The molecule has 0 bridgehead atoms. The van der Waals surface area contributed by atoms with Gasteiger partial charge in [0.25, 0.3) is 0 Å². The number of benzene rings is 1. The molecule has 1 aromatic carbocycles. The highest BCUT2D eigenvalue weighted by atomic mass is 32.2. The summed E-state index contributed by atoms with van der Waals surface area (Å²) in [6, 6.07) is 7.07. The Morgan fingerprint density at radius 1 is 1.30 bits per heavy atom. The van der Waals surface area contributed by atoms with Gasteiger partial charge in [-0.15, -0.1) is 0 Å². The van der Waals surface area contributed by atoms with Crippen molar-refractivity contribution < 1.29 is 8.42 Å². The van der Waals surface area contributed by atoms with Crippen LogP contribution in [0.1, 0.15) is 32.6 Å². The number of nitrogens with one attached hydrogen (secondary N) is 1. The van der Waals surface area contributed by atoms with Gasteiger partial charge in [0.2, 0.25) is 0 Å². The molecule has 1 fully saturated rings. The molecule has 0 heterocycles. The van der Waals surface area contributed by atoms with Gasteiger partial charge in [0.1, 0.15) is 0 Å². The zero-order chi connectivity index (χ0) is 14.8. The molecular formula is C15H24N2O2S. The van der Waals surface area contributed by atoms with Crippen LogP contribution < -0.4 is 11.1 Å². The van der Waals surface area contributed by atoms with Crippen molar-refractivity contribution in [2.45, 2.75) is 43.0 Å². The van der Waals surface area contributed by atoms with Gasteiger partial charge >= 0.3 is 0 Å². The standard InChI is InChI=1S/C15H24N2O2S/c1-12-7-9-15(11-16,10-8-12)17-13-5-3-4-6-14(13)20(2,18)19/h3-6,12,17H,7-11,16H2,1-2H3. The molecule has 2 rings (SSSR count). The van der Waals surface area contributed by atoms with Crippen molar-refractivity contribution in [1.29, 1.82) is 0 Å². The van der Waals surface area contributed by atoms with Gasteiger partial charge in [0, 0.05) is 18.3 Å². The average molecular weight is 296 g/mol. The molecule has 20 heavy (non-hydrogen) atoms. The largest absolute Gasteiger partial charge is 0.377 e. The molecule has 1 aromatic rings. The second-order valence-corrected chi connectivity index (χ2v) is 8.04. The maximum absolute atomic E-state index is 11.9. The summed E-state index contributed by atoms with van der Waals surface area (Å²) in [5.74, 6) is 0.724. The highest BCUT2D eigenvalue weighted by molar-refractivity contribution is 7.90. The fourth-order valence-electron chi connectivity index (χ4n) is 2.87. The molecule has 0 aliphatic heterocycles. The van der Waals surface area contributed by atoms with Gasteiger partial charge in [0.15, 0.2) is 9.84 Å². The normalized spacial score (nSPS) is 27.2. The Labute approximate surface area is 121 Å². The molecule has 1 aliphatic carbocycles. The summed E-state index contributed by atoms with van der Waals surface area (Å²) in [4.78, 5) is 0.353. The van der Waals surface area contributed by atoms with Gasteiger partial charge < -0.3 is 11.1 Å². The van der Waals surface area contributed by atoms with Gasteiger partial charge in [-0.25, -0.2) is 8.42 Å². The van der Waals surface area contributed by atoms with Crippen molar-refractivity contribution in [3.63, 3.8) is 0 Å². The van der Waals surface area contributed by atoms with Gasteiger partial charge in [-0.05, 0) is 43.7 Å². The Kier molecular flexibility index (Phi) is 4.39. The lowest BCUT2D eigenvalue weighted by molar-refractivity contribution is 0.271. The highest BCUT2D eigenvalue weighted by Gasteiger charge is 2.33. The van der Waals surface area contributed by atoms with Crippen LogP contribution in [0, 0.1) is 5.92 Å². The monoisotopic (exact) mass is 296 g/mol. The van der Waals surface area contributed by atoms with E-state index in [1.54, 1.807) is 12.1 Å². The molecule has 0 radical (unpaired) electrons. The molecular weight excluding hydrogens is 272 g/mol. The molecule has 0 aromatic heterocycles. The van der Waals surface area contributed by atoms with Crippen LogP contribution >= 0.6 is 0 Å². The zero-order valence-electron chi connectivity index (χ0n) is 12.2. The minimum Gasteiger partial charge on any atom is -0.377 e. The Bertz CT molecular complexity index is 561. The molecule has 0 saturated heterocycles. The van der Waals surface area contributed by atoms with Crippen molar-refractivity contribution >= 4 is 15.5 Å². The number of hydrogen-bond acceptors (Lipinski definition) is 4. The fraction of sp³-hybridized carbons (Fsp3) is 0.600. The van der Waals surface area contributed by atoms with E-state index < -0.39 is 9.84 Å². The number of anilines is 1. The fourth-order valence-corrected chi connectivity index (χ4v) is 3.72. The van der Waals surface area contributed by atoms with E-state index in [0.29, 0.717) is 17.1 Å². The number of hydrogen-bond donors (Lipinski definition) is 2. The summed E-state index contributed by atoms with van der Waals surface area (Å²) in [6.45, 7) is 2.78. The summed E-state index contributed by atoms with van der Waals surface area (Å²) >= 11 is 0. The molecule has 0 amide bonds. The van der Waals surface area contributed by atoms with E-state index >= 15 is 0 Å². The van der Waals surface area contributed by atoms with Crippen molar-refractivity contribution in [2.24, 2.45) is 11.7 Å². The van der Waals surface area contributed by atoms with Crippen LogP contribution in [0.3, 0.4) is 0 Å². The van der Waals surface area contributed by atoms with Crippen LogP contribution in [0.4, 0.5) is 5.69 Å². The maximum atomic E-state index is 11.9. The first-order valence-corrected chi connectivity index (χ1v) is 9.03. The Morgan fingerprint density at radius 2 is 1.90 bits per heavy atom. The second-order valence-electron chi connectivity index (χ2n) is 6.06. The van der Waals surface area contributed by atoms with Gasteiger partial charge in [0.05, 0.1) is 10.6 Å². The topological polar surface area (TPSA) is 72.2 Å². The highest BCUT2D eigenvalue weighted by Crippen LogP contribution is 2.35. The minimum absolute atomic E-state index is 0.173. The molecule has 4 nitrogen and oxygen atoms in total. The molecule has 5 heteroatoms. The predicted molar refractivity (Wildman–Crippen MR) is 82.6 cm³/mol. The van der Waals surface area contributed by atoms with E-state index in [-0.39, 0.29) is 5.54 Å². The quantitative estimate of drug-likeness (QED) is 0.895. The van der Waals surface area contributed by atoms with Crippen molar-refractivity contribution in [1.82, 2.24) is 0 Å². The van der Waals surface area contributed by atoms with Crippen LogP contribution in [-0.4, -0.2) is 26.8 Å². The Balaban J connectivity index is 2.29. The molecule has 0 unspecified atom stereocenters. The van der Waals surface area contributed by atoms with E-state index in [1.807, 2.05) is 12.1 Å². The SMILES string of the molecule is CC1CCC(CN)(Nc2ccccc2S(C)(=O)=O)CC1. The van der Waals surface area contributed by atoms with Crippen LogP contribution in [0.25, 0.3) is 0 Å². The summed E-state index contributed by atoms with van der Waals surface area (Å²) in [7, 11) is -3.23. The number of rotatable bonds is 4. The van der Waals surface area contributed by atoms with Crippen LogP contribution in [-0.2, 0) is 9.84 Å². The summed E-state index contributed by atoms with van der Waals surface area (Å²) in [6.07, 6.45) is 5.48. The lowest BCUT2D eigenvalue weighted by Gasteiger charge is -2.40. The molecule has 0 atom stereocenters.